The number of hydrogen-bond acceptors (Lipinski definition) is 8. The number of aryl methyl sites for hydroxylation is 1. The third-order valence-electron chi connectivity index (χ3n) is 5.12. The number of nitrogens with one attached hydrogen (secondary N) is 1. The zero-order valence-corrected chi connectivity index (χ0v) is 20.0. The number of hydrogen-bond donors (Lipinski definition) is 4. The first-order valence-corrected chi connectivity index (χ1v) is 10.6. The molecule has 0 atom stereocenters. The number of carboxylic acids is 2. The van der Waals surface area contributed by atoms with Crippen LogP contribution in [0.25, 0.3) is 22.4 Å². The highest BCUT2D eigenvalue weighted by Gasteiger charge is 2.38. The van der Waals surface area contributed by atoms with Gasteiger partial charge in [-0.25, -0.2) is 19.4 Å². The smallest absolute Gasteiger partial charge is 0.475 e. The van der Waals surface area contributed by atoms with Crippen LogP contribution in [0.5, 0.6) is 0 Å². The number of carboxylic acid groups (broad SMARTS) is 2. The summed E-state index contributed by atoms with van der Waals surface area (Å²) in [6.07, 6.45) is -6.93. The summed E-state index contributed by atoms with van der Waals surface area (Å²) in [6.45, 7) is 0. The fourth-order valence-electron chi connectivity index (χ4n) is 3.39. The van der Waals surface area contributed by atoms with Gasteiger partial charge in [0.15, 0.2) is 0 Å². The molecule has 5 N–H and O–H groups in total. The van der Waals surface area contributed by atoms with Crippen LogP contribution in [0.15, 0.2) is 30.5 Å². The van der Waals surface area contributed by atoms with Gasteiger partial charge in [-0.3, -0.25) is 5.10 Å². The molecule has 17 heteroatoms. The first kappa shape index (κ1) is 31.1. The maximum atomic E-state index is 11.7. The topological polar surface area (TPSA) is 192 Å². The second-order valence-electron chi connectivity index (χ2n) is 7.62. The van der Waals surface area contributed by atoms with Gasteiger partial charge in [0, 0.05) is 16.8 Å². The summed E-state index contributed by atoms with van der Waals surface area (Å²) in [5.41, 5.74) is 12.1. The lowest BCUT2D eigenvalue weighted by Gasteiger charge is -2.21. The van der Waals surface area contributed by atoms with Gasteiger partial charge in [-0.1, -0.05) is 12.1 Å². The van der Waals surface area contributed by atoms with E-state index in [2.05, 4.69) is 21.3 Å². The van der Waals surface area contributed by atoms with Gasteiger partial charge in [0.2, 0.25) is 0 Å². The summed E-state index contributed by atoms with van der Waals surface area (Å²) in [6, 6.07) is 9.13. The number of esters is 1. The predicted octanol–water partition coefficient (Wildman–Crippen LogP) is 3.74. The highest BCUT2D eigenvalue weighted by atomic mass is 19.4. The largest absolute Gasteiger partial charge is 0.490 e. The lowest BCUT2D eigenvalue weighted by atomic mass is 9.85. The number of aliphatic carboxylic acids is 2. The van der Waals surface area contributed by atoms with Crippen molar-refractivity contribution in [2.75, 3.05) is 12.8 Å². The molecular formula is C23H17F6N5O6. The van der Waals surface area contributed by atoms with Gasteiger partial charge in [-0.05, 0) is 36.1 Å². The number of anilines is 1. The Labute approximate surface area is 219 Å². The standard InChI is InChI=1S/C19H15N5O2.2C2HF3O2/c1-26-19(25)11-4-2-10(3-5-11)16-12-6-7-15-14(9-22-24-15)17(12)23-18(21)13(16)8-20;2*3-2(4,5)1(6)7/h2-5,9H,6-7H2,1H3,(H2,21,23)(H,22,24);2*(H,6,7). The van der Waals surface area contributed by atoms with Crippen LogP contribution < -0.4 is 5.73 Å². The number of aromatic nitrogens is 3. The molecule has 0 saturated carbocycles. The average Bonchev–Trinajstić information content (AvgIpc) is 3.37. The van der Waals surface area contributed by atoms with Crippen molar-refractivity contribution < 1.29 is 55.7 Å². The highest BCUT2D eigenvalue weighted by molar-refractivity contribution is 5.91. The third kappa shape index (κ3) is 7.24. The van der Waals surface area contributed by atoms with E-state index in [0.717, 1.165) is 46.5 Å². The van der Waals surface area contributed by atoms with Crippen molar-refractivity contribution in [3.05, 3.63) is 52.8 Å². The third-order valence-corrected chi connectivity index (χ3v) is 5.12. The molecule has 40 heavy (non-hydrogen) atoms. The van der Waals surface area contributed by atoms with E-state index in [4.69, 9.17) is 30.3 Å². The van der Waals surface area contributed by atoms with Crippen LogP contribution in [0.3, 0.4) is 0 Å². The lowest BCUT2D eigenvalue weighted by Crippen LogP contribution is -2.21. The van der Waals surface area contributed by atoms with Crippen LogP contribution in [0.4, 0.5) is 32.2 Å². The second kappa shape index (κ2) is 12.1. The number of carbonyl (C=O) groups is 3. The zero-order chi connectivity index (χ0) is 30.4. The number of nitrogens with two attached hydrogens (primary N) is 1. The fraction of sp³-hybridized carbons (Fsp3) is 0.217. The number of pyridine rings is 1. The normalized spacial score (nSPS) is 11.8. The summed E-state index contributed by atoms with van der Waals surface area (Å²) in [7, 11) is 1.34. The van der Waals surface area contributed by atoms with Crippen molar-refractivity contribution in [2.24, 2.45) is 0 Å². The molecule has 1 aliphatic carbocycles. The number of halogens is 6. The van der Waals surface area contributed by atoms with Crippen molar-refractivity contribution in [3.8, 4) is 28.5 Å². The highest BCUT2D eigenvalue weighted by Crippen LogP contribution is 2.40. The zero-order valence-electron chi connectivity index (χ0n) is 20.0. The summed E-state index contributed by atoms with van der Waals surface area (Å²) in [5.74, 6) is -5.73. The summed E-state index contributed by atoms with van der Waals surface area (Å²) >= 11 is 0. The number of fused-ring (bicyclic) bond motifs is 3. The van der Waals surface area contributed by atoms with Gasteiger partial charge in [0.1, 0.15) is 17.5 Å². The van der Waals surface area contributed by atoms with Gasteiger partial charge in [-0.15, -0.1) is 0 Å². The number of nitrogen functional groups attached to an aromatic ring is 1. The van der Waals surface area contributed by atoms with Crippen LogP contribution in [0, 0.1) is 11.3 Å². The van der Waals surface area contributed by atoms with E-state index >= 15 is 0 Å². The number of alkyl halides is 6. The van der Waals surface area contributed by atoms with Crippen LogP contribution >= 0.6 is 0 Å². The Morgan fingerprint density at radius 3 is 2.00 bits per heavy atom. The Kier molecular flexibility index (Phi) is 9.44. The Bertz CT molecular complexity index is 1440. The number of nitrogens with zero attached hydrogens (tertiary/aromatic N) is 3. The first-order chi connectivity index (χ1) is 18.5. The minimum atomic E-state index is -5.08. The predicted molar refractivity (Wildman–Crippen MR) is 123 cm³/mol. The molecule has 0 amide bonds. The van der Waals surface area contributed by atoms with Crippen LogP contribution in [-0.2, 0) is 27.2 Å². The van der Waals surface area contributed by atoms with E-state index in [1.807, 2.05) is 0 Å². The van der Waals surface area contributed by atoms with Gasteiger partial charge in [0.05, 0.1) is 24.6 Å². The maximum Gasteiger partial charge on any atom is 0.490 e. The first-order valence-electron chi connectivity index (χ1n) is 10.6. The van der Waals surface area contributed by atoms with E-state index in [9.17, 15) is 36.4 Å². The Morgan fingerprint density at radius 1 is 1.02 bits per heavy atom. The molecule has 2 aromatic heterocycles. The van der Waals surface area contributed by atoms with Crippen molar-refractivity contribution in [1.82, 2.24) is 15.2 Å². The molecule has 4 rings (SSSR count). The van der Waals surface area contributed by atoms with Crippen molar-refractivity contribution in [2.45, 2.75) is 25.2 Å². The number of rotatable bonds is 2. The summed E-state index contributed by atoms with van der Waals surface area (Å²) in [4.78, 5) is 33.9. The molecule has 0 radical (unpaired) electrons. The van der Waals surface area contributed by atoms with E-state index in [1.54, 1.807) is 30.5 Å². The SMILES string of the molecule is COC(=O)c1ccc(-c2c(C#N)c(N)nc3c2CCc2[nH]ncc2-3)cc1.O=C(O)C(F)(F)F.O=C(O)C(F)(F)F. The number of nitriles is 1. The van der Waals surface area contributed by atoms with Gasteiger partial charge in [0.25, 0.3) is 0 Å². The molecule has 3 aromatic rings. The number of carbonyl (C=O) groups excluding carboxylic acids is 1. The number of ether oxygens (including phenoxy) is 1. The van der Waals surface area contributed by atoms with Gasteiger partial charge < -0.3 is 20.7 Å². The molecule has 0 fully saturated rings. The molecule has 1 aromatic carbocycles. The Hall–Kier alpha value is -5.14. The van der Waals surface area contributed by atoms with Crippen molar-refractivity contribution in [3.63, 3.8) is 0 Å². The molecule has 0 aliphatic heterocycles. The van der Waals surface area contributed by atoms with E-state index in [0.29, 0.717) is 11.1 Å². The maximum absolute atomic E-state index is 11.7. The molecule has 11 nitrogen and oxygen atoms in total. The van der Waals surface area contributed by atoms with Gasteiger partial charge >= 0.3 is 30.3 Å². The van der Waals surface area contributed by atoms with Crippen LogP contribution in [0.2, 0.25) is 0 Å². The average molecular weight is 573 g/mol. The van der Waals surface area contributed by atoms with E-state index < -0.39 is 30.3 Å². The van der Waals surface area contributed by atoms with Crippen LogP contribution in [0.1, 0.15) is 27.2 Å². The minimum absolute atomic E-state index is 0.187. The van der Waals surface area contributed by atoms with E-state index in [1.165, 1.54) is 7.11 Å². The monoisotopic (exact) mass is 573 g/mol. The molecular weight excluding hydrogens is 556 g/mol. The molecule has 1 aliphatic rings. The Morgan fingerprint density at radius 2 is 1.55 bits per heavy atom. The quantitative estimate of drug-likeness (QED) is 0.259. The molecule has 0 unspecified atom stereocenters. The molecule has 0 spiro atoms. The van der Waals surface area contributed by atoms with Crippen molar-refractivity contribution >= 4 is 23.7 Å². The second-order valence-corrected chi connectivity index (χ2v) is 7.62. The fourth-order valence-corrected chi connectivity index (χ4v) is 3.39. The summed E-state index contributed by atoms with van der Waals surface area (Å²) < 4.78 is 68.2. The van der Waals surface area contributed by atoms with Gasteiger partial charge in [-0.2, -0.15) is 36.7 Å². The molecule has 0 bridgehead atoms. The van der Waals surface area contributed by atoms with E-state index in [-0.39, 0.29) is 5.82 Å². The van der Waals surface area contributed by atoms with Crippen LogP contribution in [-0.4, -0.2) is 62.8 Å². The Balaban J connectivity index is 0.000000333. The number of benzene rings is 1. The minimum Gasteiger partial charge on any atom is -0.475 e. The molecule has 0 saturated heterocycles. The number of aromatic amines is 1. The lowest BCUT2D eigenvalue weighted by molar-refractivity contribution is -0.193. The van der Waals surface area contributed by atoms with Crippen molar-refractivity contribution in [1.29, 1.82) is 5.26 Å². The summed E-state index contributed by atoms with van der Waals surface area (Å²) in [5, 5.41) is 31.0. The molecule has 212 valence electrons. The number of H-pyrrole nitrogens is 1. The number of methoxy groups -OCH3 is 1. The molecule has 2 heterocycles.